The summed E-state index contributed by atoms with van der Waals surface area (Å²) >= 11 is 9.57. The maximum atomic E-state index is 12.7. The number of amides is 2. The molecule has 0 N–H and O–H groups in total. The molecule has 136 valence electrons. The van der Waals surface area contributed by atoms with Gasteiger partial charge < -0.3 is 4.74 Å². The van der Waals surface area contributed by atoms with Crippen LogP contribution < -0.4 is 4.74 Å². The monoisotopic (exact) mass is 436 g/mol. The van der Waals surface area contributed by atoms with Crippen molar-refractivity contribution in [3.05, 3.63) is 39.3 Å². The first-order valence-corrected chi connectivity index (χ1v) is 9.79. The molecule has 1 heterocycles. The summed E-state index contributed by atoms with van der Waals surface area (Å²) in [6, 6.07) is 3.43. The summed E-state index contributed by atoms with van der Waals surface area (Å²) in [4.78, 5) is 25.4. The van der Waals surface area contributed by atoms with Crippen molar-refractivity contribution < 1.29 is 14.3 Å². The number of carbonyl (C=O) groups excluding carboxylic acids is 2. The second kappa shape index (κ2) is 6.50. The molecule has 0 unspecified atom stereocenters. The van der Waals surface area contributed by atoms with Gasteiger partial charge in [-0.15, -0.1) is 0 Å². The third kappa shape index (κ3) is 2.79. The molecule has 2 bridgehead atoms. The van der Waals surface area contributed by atoms with Gasteiger partial charge in [-0.05, 0) is 60.2 Å². The lowest BCUT2D eigenvalue weighted by Crippen LogP contribution is -2.28. The summed E-state index contributed by atoms with van der Waals surface area (Å²) in [6.45, 7) is 3.83. The number of carbonyl (C=O) groups is 2. The van der Waals surface area contributed by atoms with Crippen molar-refractivity contribution in [3.63, 3.8) is 0 Å². The van der Waals surface area contributed by atoms with Crippen LogP contribution >= 0.6 is 27.5 Å². The molecule has 4 rings (SSSR count). The lowest BCUT2D eigenvalue weighted by Gasteiger charge is -2.15. The number of hydrazone groups is 1. The van der Waals surface area contributed by atoms with Crippen LogP contribution in [0.1, 0.15) is 25.8 Å². The quantitative estimate of drug-likeness (QED) is 0.406. The number of fused-ring (bicyclic) bond motifs is 5. The van der Waals surface area contributed by atoms with E-state index in [1.165, 1.54) is 6.21 Å². The largest absolute Gasteiger partial charge is 0.489 e. The molecular weight excluding hydrogens is 420 g/mol. The number of nitrogens with zero attached hydrogens (tertiary/aromatic N) is 2. The maximum absolute atomic E-state index is 12.7. The van der Waals surface area contributed by atoms with Crippen LogP contribution in [0.25, 0.3) is 0 Å². The first kappa shape index (κ1) is 17.7. The molecule has 1 saturated heterocycles. The topological polar surface area (TPSA) is 59.0 Å². The lowest BCUT2D eigenvalue weighted by atomic mass is 9.85. The molecule has 7 heteroatoms. The number of halogens is 2. The van der Waals surface area contributed by atoms with Gasteiger partial charge in [0.1, 0.15) is 5.75 Å². The molecule has 1 aliphatic heterocycles. The zero-order valence-corrected chi connectivity index (χ0v) is 16.7. The highest BCUT2D eigenvalue weighted by atomic mass is 79.9. The Hall–Kier alpha value is -1.66. The highest BCUT2D eigenvalue weighted by molar-refractivity contribution is 9.10. The Bertz CT molecular complexity index is 821. The molecule has 2 amide bonds. The fraction of sp³-hybridized carbons (Fsp3) is 0.421. The molecule has 26 heavy (non-hydrogen) atoms. The molecule has 0 radical (unpaired) electrons. The van der Waals surface area contributed by atoms with Crippen molar-refractivity contribution in [1.82, 2.24) is 5.01 Å². The average molecular weight is 438 g/mol. The standard InChI is InChI=1S/C19H18BrClN2O3/c1-9(2)26-17-12(6-13(21)7-14(17)20)8-22-23-18(24)15-10-3-4-11(5-10)16(15)19(23)25/h3-4,6-11,15-16H,5H2,1-2H3/t10-,11-,15-,16+/m0/s1. The van der Waals surface area contributed by atoms with Crippen LogP contribution in [0, 0.1) is 23.7 Å². The average Bonchev–Trinajstić information content (AvgIpc) is 3.23. The van der Waals surface area contributed by atoms with E-state index < -0.39 is 0 Å². The third-order valence-corrected chi connectivity index (χ3v) is 5.96. The van der Waals surface area contributed by atoms with Gasteiger partial charge in [0.05, 0.1) is 28.6 Å². The van der Waals surface area contributed by atoms with Gasteiger partial charge in [0.15, 0.2) is 0 Å². The van der Waals surface area contributed by atoms with Crippen LogP contribution in [0.2, 0.25) is 5.02 Å². The van der Waals surface area contributed by atoms with Gasteiger partial charge in [-0.25, -0.2) is 0 Å². The van der Waals surface area contributed by atoms with Gasteiger partial charge in [0, 0.05) is 10.6 Å². The van der Waals surface area contributed by atoms with Gasteiger partial charge in [0.25, 0.3) is 11.8 Å². The highest BCUT2D eigenvalue weighted by Gasteiger charge is 2.59. The number of benzene rings is 1. The number of rotatable bonds is 4. The Morgan fingerprint density at radius 2 is 1.85 bits per heavy atom. The molecule has 3 aliphatic rings. The number of hydrogen-bond donors (Lipinski definition) is 0. The summed E-state index contributed by atoms with van der Waals surface area (Å²) in [5.41, 5.74) is 0.608. The zero-order valence-electron chi connectivity index (χ0n) is 14.4. The molecule has 2 fully saturated rings. The van der Waals surface area contributed by atoms with Crippen LogP contribution in [0.5, 0.6) is 5.75 Å². The molecule has 5 nitrogen and oxygen atoms in total. The minimum absolute atomic E-state index is 0.0456. The second-order valence-electron chi connectivity index (χ2n) is 7.21. The second-order valence-corrected chi connectivity index (χ2v) is 8.50. The van der Waals surface area contributed by atoms with E-state index in [4.69, 9.17) is 16.3 Å². The fourth-order valence-corrected chi connectivity index (χ4v) is 5.08. The van der Waals surface area contributed by atoms with Crippen LogP contribution in [0.15, 0.2) is 33.9 Å². The predicted octanol–water partition coefficient (Wildman–Crippen LogP) is 4.03. The van der Waals surface area contributed by atoms with Gasteiger partial charge in [0.2, 0.25) is 0 Å². The van der Waals surface area contributed by atoms with E-state index in [-0.39, 0.29) is 41.6 Å². The summed E-state index contributed by atoms with van der Waals surface area (Å²) in [7, 11) is 0. The highest BCUT2D eigenvalue weighted by Crippen LogP contribution is 2.52. The third-order valence-electron chi connectivity index (χ3n) is 5.15. The van der Waals surface area contributed by atoms with E-state index in [1.807, 2.05) is 13.8 Å². The van der Waals surface area contributed by atoms with Gasteiger partial charge in [-0.2, -0.15) is 10.1 Å². The van der Waals surface area contributed by atoms with Crippen molar-refractivity contribution in [3.8, 4) is 5.75 Å². The predicted molar refractivity (Wildman–Crippen MR) is 102 cm³/mol. The van der Waals surface area contributed by atoms with Crippen molar-refractivity contribution >= 4 is 45.6 Å². The normalized spacial score (nSPS) is 29.5. The van der Waals surface area contributed by atoms with Crippen molar-refractivity contribution in [2.75, 3.05) is 0 Å². The van der Waals surface area contributed by atoms with Gasteiger partial charge >= 0.3 is 0 Å². The Morgan fingerprint density at radius 1 is 1.23 bits per heavy atom. The Balaban J connectivity index is 1.63. The number of imide groups is 1. The van der Waals surface area contributed by atoms with Crippen molar-refractivity contribution in [2.24, 2.45) is 28.8 Å². The van der Waals surface area contributed by atoms with Gasteiger partial charge in [-0.3, -0.25) is 9.59 Å². The van der Waals surface area contributed by atoms with E-state index in [2.05, 4.69) is 33.2 Å². The van der Waals surface area contributed by atoms with Crippen molar-refractivity contribution in [1.29, 1.82) is 0 Å². The maximum Gasteiger partial charge on any atom is 0.254 e. The Morgan fingerprint density at radius 3 is 2.42 bits per heavy atom. The number of allylic oxidation sites excluding steroid dienone is 2. The molecule has 0 spiro atoms. The Kier molecular flexibility index (Phi) is 4.43. The first-order chi connectivity index (χ1) is 12.4. The van der Waals surface area contributed by atoms with Gasteiger partial charge in [-0.1, -0.05) is 23.8 Å². The molecular formula is C19H18BrClN2O3. The summed E-state index contributed by atoms with van der Waals surface area (Å²) in [5, 5.41) is 5.74. The molecule has 0 aromatic heterocycles. The van der Waals surface area contributed by atoms with E-state index in [1.54, 1.807) is 12.1 Å². The van der Waals surface area contributed by atoms with E-state index in [0.717, 1.165) is 11.4 Å². The molecule has 1 saturated carbocycles. The molecule has 1 aromatic rings. The number of hydrogen-bond acceptors (Lipinski definition) is 4. The summed E-state index contributed by atoms with van der Waals surface area (Å²) in [6.07, 6.45) is 6.45. The summed E-state index contributed by atoms with van der Waals surface area (Å²) in [5.74, 6) is -0.0157. The molecule has 2 aliphatic carbocycles. The molecule has 1 aromatic carbocycles. The summed E-state index contributed by atoms with van der Waals surface area (Å²) < 4.78 is 6.52. The Labute approximate surface area is 165 Å². The minimum atomic E-state index is -0.257. The van der Waals surface area contributed by atoms with Crippen LogP contribution in [0.4, 0.5) is 0 Å². The zero-order chi connectivity index (χ0) is 18.6. The fourth-order valence-electron chi connectivity index (χ4n) is 4.16. The van der Waals surface area contributed by atoms with Crippen LogP contribution in [-0.2, 0) is 9.59 Å². The number of ether oxygens (including phenoxy) is 1. The van der Waals surface area contributed by atoms with E-state index in [9.17, 15) is 9.59 Å². The van der Waals surface area contributed by atoms with E-state index in [0.29, 0.717) is 20.8 Å². The van der Waals surface area contributed by atoms with Crippen LogP contribution in [0.3, 0.4) is 0 Å². The SMILES string of the molecule is CC(C)Oc1c(Br)cc(Cl)cc1C=NN1C(=O)[C@@H]2[C@H](C1=O)[C@H]1C=C[C@H]2C1. The minimum Gasteiger partial charge on any atom is -0.489 e. The van der Waals surface area contributed by atoms with E-state index >= 15 is 0 Å². The molecule has 4 atom stereocenters. The van der Waals surface area contributed by atoms with Crippen LogP contribution in [-0.4, -0.2) is 29.1 Å². The van der Waals surface area contributed by atoms with Crippen molar-refractivity contribution in [2.45, 2.75) is 26.4 Å². The smallest absolute Gasteiger partial charge is 0.254 e. The first-order valence-electron chi connectivity index (χ1n) is 8.62. The lowest BCUT2D eigenvalue weighted by molar-refractivity contribution is -0.140.